The first-order valence-corrected chi connectivity index (χ1v) is 8.24. The molecular formula is C14H8BrNO5S. The van der Waals surface area contributed by atoms with Crippen molar-refractivity contribution >= 4 is 43.3 Å². The van der Waals surface area contributed by atoms with Crippen LogP contribution in [-0.4, -0.2) is 24.5 Å². The maximum absolute atomic E-state index is 12.5. The molecule has 1 aliphatic rings. The lowest BCUT2D eigenvalue weighted by molar-refractivity contribution is 0.0979. The van der Waals surface area contributed by atoms with Crippen molar-refractivity contribution in [3.8, 4) is 0 Å². The summed E-state index contributed by atoms with van der Waals surface area (Å²) in [5, 5.41) is 0. The summed E-state index contributed by atoms with van der Waals surface area (Å²) in [5.74, 6) is -0.986. The number of fused-ring (bicyclic) bond motifs is 2. The maximum atomic E-state index is 12.5. The van der Waals surface area contributed by atoms with Gasteiger partial charge in [0.2, 0.25) is 0 Å². The number of nitrogens with two attached hydrogens (primary N) is 1. The number of halogens is 1. The van der Waals surface area contributed by atoms with E-state index in [4.69, 9.17) is 5.73 Å². The van der Waals surface area contributed by atoms with E-state index in [2.05, 4.69) is 15.9 Å². The maximum Gasteiger partial charge on any atom is 0.297 e. The van der Waals surface area contributed by atoms with Gasteiger partial charge < -0.3 is 5.73 Å². The van der Waals surface area contributed by atoms with Crippen LogP contribution < -0.4 is 5.73 Å². The van der Waals surface area contributed by atoms with E-state index < -0.39 is 32.3 Å². The van der Waals surface area contributed by atoms with Gasteiger partial charge in [0.15, 0.2) is 11.6 Å². The molecule has 3 N–H and O–H groups in total. The van der Waals surface area contributed by atoms with E-state index in [1.807, 2.05) is 0 Å². The summed E-state index contributed by atoms with van der Waals surface area (Å²) in [6.45, 7) is 0. The van der Waals surface area contributed by atoms with Crippen LogP contribution in [0, 0.1) is 0 Å². The van der Waals surface area contributed by atoms with E-state index in [1.165, 1.54) is 18.2 Å². The number of hydrogen-bond acceptors (Lipinski definition) is 5. The van der Waals surface area contributed by atoms with Crippen LogP contribution >= 0.6 is 15.9 Å². The average molecular weight is 382 g/mol. The number of nitrogen functional groups attached to an aromatic ring is 1. The number of carbonyl (C=O) groups is 2. The van der Waals surface area contributed by atoms with E-state index in [0.717, 1.165) is 0 Å². The number of ketones is 2. The fourth-order valence-corrected chi connectivity index (χ4v) is 4.24. The van der Waals surface area contributed by atoms with Crippen molar-refractivity contribution in [3.05, 3.63) is 57.1 Å². The first-order chi connectivity index (χ1) is 10.2. The van der Waals surface area contributed by atoms with Crippen LogP contribution in [0.5, 0.6) is 0 Å². The fraction of sp³-hybridized carbons (Fsp3) is 0. The van der Waals surface area contributed by atoms with E-state index in [1.54, 1.807) is 12.1 Å². The highest BCUT2D eigenvalue weighted by molar-refractivity contribution is 9.10. The summed E-state index contributed by atoms with van der Waals surface area (Å²) in [6.07, 6.45) is 0. The van der Waals surface area contributed by atoms with Gasteiger partial charge in [-0.1, -0.05) is 24.3 Å². The number of carbonyl (C=O) groups excluding carboxylic acids is 2. The molecule has 0 spiro atoms. The number of hydrogen-bond donors (Lipinski definition) is 2. The van der Waals surface area contributed by atoms with Gasteiger partial charge in [-0.15, -0.1) is 0 Å². The van der Waals surface area contributed by atoms with Gasteiger partial charge in [0, 0.05) is 21.2 Å². The second-order valence-electron chi connectivity index (χ2n) is 4.70. The standard InChI is InChI=1S/C14H8BrNO5S/c15-9-5-8-10(11(16)14(9)22(19,20)21)13(18)7-4-2-1-3-6(7)12(8)17/h1-5H,16H2,(H,19,20,21). The number of rotatable bonds is 1. The molecule has 6 nitrogen and oxygen atoms in total. The highest BCUT2D eigenvalue weighted by atomic mass is 79.9. The summed E-state index contributed by atoms with van der Waals surface area (Å²) < 4.78 is 32.1. The Morgan fingerprint density at radius 2 is 1.55 bits per heavy atom. The van der Waals surface area contributed by atoms with Crippen LogP contribution in [0.25, 0.3) is 0 Å². The molecule has 22 heavy (non-hydrogen) atoms. The van der Waals surface area contributed by atoms with Crippen molar-refractivity contribution in [2.45, 2.75) is 4.90 Å². The lowest BCUT2D eigenvalue weighted by atomic mass is 9.83. The Labute approximate surface area is 133 Å². The van der Waals surface area contributed by atoms with Crippen LogP contribution in [0.4, 0.5) is 5.69 Å². The predicted octanol–water partition coefficient (Wildman–Crippen LogP) is 2.05. The van der Waals surface area contributed by atoms with Gasteiger partial charge in [-0.25, -0.2) is 0 Å². The van der Waals surface area contributed by atoms with Gasteiger partial charge in [0.05, 0.1) is 11.3 Å². The third-order valence-electron chi connectivity index (χ3n) is 3.42. The molecule has 0 atom stereocenters. The second kappa shape index (κ2) is 4.73. The zero-order chi connectivity index (χ0) is 16.2. The van der Waals surface area contributed by atoms with Crippen molar-refractivity contribution in [2.24, 2.45) is 0 Å². The molecule has 0 unspecified atom stereocenters. The Morgan fingerprint density at radius 3 is 2.09 bits per heavy atom. The normalized spacial score (nSPS) is 13.7. The van der Waals surface area contributed by atoms with Gasteiger partial charge >= 0.3 is 0 Å². The molecule has 0 heterocycles. The van der Waals surface area contributed by atoms with Crippen LogP contribution in [0.2, 0.25) is 0 Å². The molecule has 1 aliphatic carbocycles. The lowest BCUT2D eigenvalue weighted by Crippen LogP contribution is -2.23. The SMILES string of the molecule is Nc1c2c(cc(Br)c1S(=O)(=O)O)C(=O)c1ccccc1C2=O. The van der Waals surface area contributed by atoms with E-state index in [0.29, 0.717) is 0 Å². The first-order valence-electron chi connectivity index (χ1n) is 6.01. The Hall–Kier alpha value is -2.03. The van der Waals surface area contributed by atoms with Gasteiger partial charge in [-0.3, -0.25) is 14.1 Å². The van der Waals surface area contributed by atoms with E-state index in [-0.39, 0.29) is 26.7 Å². The van der Waals surface area contributed by atoms with Gasteiger partial charge in [0.25, 0.3) is 10.1 Å². The number of benzene rings is 2. The molecule has 2 aromatic rings. The minimum Gasteiger partial charge on any atom is -0.397 e. The highest BCUT2D eigenvalue weighted by Crippen LogP contribution is 2.38. The van der Waals surface area contributed by atoms with Crippen molar-refractivity contribution in [3.63, 3.8) is 0 Å². The Morgan fingerprint density at radius 1 is 1.00 bits per heavy atom. The molecule has 0 radical (unpaired) electrons. The molecule has 3 rings (SSSR count). The second-order valence-corrected chi connectivity index (χ2v) is 6.92. The zero-order valence-corrected chi connectivity index (χ0v) is 13.2. The molecule has 8 heteroatoms. The monoisotopic (exact) mass is 381 g/mol. The van der Waals surface area contributed by atoms with Crippen LogP contribution in [0.3, 0.4) is 0 Å². The minimum atomic E-state index is -4.65. The number of anilines is 1. The van der Waals surface area contributed by atoms with Crippen molar-refractivity contribution in [1.29, 1.82) is 0 Å². The third kappa shape index (κ3) is 1.99. The Kier molecular flexibility index (Phi) is 3.20. The van der Waals surface area contributed by atoms with Crippen LogP contribution in [0.15, 0.2) is 39.7 Å². The highest BCUT2D eigenvalue weighted by Gasteiger charge is 2.35. The molecule has 0 aliphatic heterocycles. The summed E-state index contributed by atoms with van der Waals surface area (Å²) in [5.41, 5.74) is 5.48. The van der Waals surface area contributed by atoms with E-state index in [9.17, 15) is 22.6 Å². The zero-order valence-electron chi connectivity index (χ0n) is 10.8. The lowest BCUT2D eigenvalue weighted by Gasteiger charge is -2.20. The minimum absolute atomic E-state index is 0.000440. The molecule has 0 amide bonds. The Bertz CT molecular complexity index is 965. The quantitative estimate of drug-likeness (QED) is 0.492. The van der Waals surface area contributed by atoms with Crippen LogP contribution in [0.1, 0.15) is 31.8 Å². The van der Waals surface area contributed by atoms with Gasteiger partial charge in [0.1, 0.15) is 4.90 Å². The molecule has 2 aromatic carbocycles. The summed E-state index contributed by atoms with van der Waals surface area (Å²) in [4.78, 5) is 24.4. The average Bonchev–Trinajstić information content (AvgIpc) is 2.42. The van der Waals surface area contributed by atoms with Crippen molar-refractivity contribution in [1.82, 2.24) is 0 Å². The van der Waals surface area contributed by atoms with Gasteiger partial charge in [-0.2, -0.15) is 8.42 Å². The molecule has 112 valence electrons. The van der Waals surface area contributed by atoms with E-state index >= 15 is 0 Å². The van der Waals surface area contributed by atoms with Crippen molar-refractivity contribution < 1.29 is 22.6 Å². The molecule has 0 saturated carbocycles. The topological polar surface area (TPSA) is 115 Å². The molecule has 0 saturated heterocycles. The van der Waals surface area contributed by atoms with Crippen LogP contribution in [-0.2, 0) is 10.1 Å². The first kappa shape index (κ1) is 14.9. The van der Waals surface area contributed by atoms with Gasteiger partial charge in [-0.05, 0) is 22.0 Å². The summed E-state index contributed by atoms with van der Waals surface area (Å²) >= 11 is 2.97. The molecule has 0 fully saturated rings. The molecule has 0 aromatic heterocycles. The predicted molar refractivity (Wildman–Crippen MR) is 81.7 cm³/mol. The van der Waals surface area contributed by atoms with Crippen molar-refractivity contribution in [2.75, 3.05) is 5.73 Å². The summed E-state index contributed by atoms with van der Waals surface area (Å²) in [6, 6.07) is 7.38. The fourth-order valence-electron chi connectivity index (χ4n) is 2.50. The summed E-state index contributed by atoms with van der Waals surface area (Å²) in [7, 11) is -4.65. The molecular weight excluding hydrogens is 374 g/mol. The smallest absolute Gasteiger partial charge is 0.297 e. The third-order valence-corrected chi connectivity index (χ3v) is 5.26. The molecule has 0 bridgehead atoms. The Balaban J connectivity index is 2.42. The largest absolute Gasteiger partial charge is 0.397 e.